The molecule has 1 heterocycles. The fourth-order valence-electron chi connectivity index (χ4n) is 3.24. The number of ether oxygens (including phenoxy) is 1. The summed E-state index contributed by atoms with van der Waals surface area (Å²) < 4.78 is 11.3. The average molecular weight is 408 g/mol. The van der Waals surface area contributed by atoms with E-state index in [2.05, 4.69) is 34.7 Å². The number of fused-ring (bicyclic) bond motifs is 1. The van der Waals surface area contributed by atoms with Gasteiger partial charge in [0.2, 0.25) is 0 Å². The maximum absolute atomic E-state index is 11.6. The minimum Gasteiger partial charge on any atom is -0.493 e. The number of carbonyl (C=O) groups excluding carboxylic acids is 1. The van der Waals surface area contributed by atoms with Crippen LogP contribution in [0.4, 0.5) is 0 Å². The van der Waals surface area contributed by atoms with Crippen molar-refractivity contribution in [1.82, 2.24) is 5.32 Å². The highest BCUT2D eigenvalue weighted by Crippen LogP contribution is 2.21. The van der Waals surface area contributed by atoms with Crippen molar-refractivity contribution in [3.05, 3.63) is 71.3 Å². The minimum absolute atomic E-state index is 0.0898. The van der Waals surface area contributed by atoms with Crippen LogP contribution in [0.5, 0.6) is 5.75 Å². The van der Waals surface area contributed by atoms with E-state index < -0.39 is 0 Å². The molecule has 0 bridgehead atoms. The normalized spacial score (nSPS) is 11.7. The number of nitrogens with one attached hydrogen (secondary N) is 1. The lowest BCUT2D eigenvalue weighted by Crippen LogP contribution is -2.14. The van der Waals surface area contributed by atoms with Crippen LogP contribution in [0.25, 0.3) is 11.0 Å². The first-order chi connectivity index (χ1) is 14.7. The summed E-state index contributed by atoms with van der Waals surface area (Å²) in [7, 11) is 0. The number of Topliss-reactive ketones (excluding diaryl/α,β-unsaturated/α-hetero) is 1. The molecular weight excluding hydrogens is 380 g/mol. The number of unbranched alkanes of at least 4 members (excludes halogenated alkanes) is 3. The van der Waals surface area contributed by atoms with Gasteiger partial charge in [-0.15, -0.1) is 0 Å². The Kier molecular flexibility index (Phi) is 8.03. The van der Waals surface area contributed by atoms with Crippen molar-refractivity contribution < 1.29 is 19.2 Å². The second-order valence-electron chi connectivity index (χ2n) is 7.25. The minimum atomic E-state index is -0.218. The summed E-state index contributed by atoms with van der Waals surface area (Å²) in [5.74, 6) is 0.472. The molecule has 1 aromatic heterocycles. The molecule has 0 spiro atoms. The fourth-order valence-corrected chi connectivity index (χ4v) is 3.24. The van der Waals surface area contributed by atoms with Gasteiger partial charge in [0.05, 0.1) is 12.2 Å². The standard InChI is InChI=1S/C24H28N2O4/c1-18(27)22-15-20-11-12-21(16-23(20)30-24(22)26-28)29-14-8-3-2-7-13-25-17-19-9-5-4-6-10-19/h4-6,9-12,15-16,25,28H,2-3,7-8,13-14,17H2,1H3. The van der Waals surface area contributed by atoms with Gasteiger partial charge in [-0.2, -0.15) is 0 Å². The molecule has 3 rings (SSSR count). The molecule has 2 aromatic carbocycles. The van der Waals surface area contributed by atoms with Crippen molar-refractivity contribution in [2.45, 2.75) is 39.2 Å². The third kappa shape index (κ3) is 6.19. The number of ketones is 1. The third-order valence-electron chi connectivity index (χ3n) is 4.88. The second kappa shape index (κ2) is 11.2. The van der Waals surface area contributed by atoms with Gasteiger partial charge in [0, 0.05) is 18.0 Å². The second-order valence-corrected chi connectivity index (χ2v) is 7.25. The topological polar surface area (TPSA) is 84.1 Å². The third-order valence-corrected chi connectivity index (χ3v) is 4.88. The molecule has 0 unspecified atom stereocenters. The Bertz CT molecular complexity index is 1030. The van der Waals surface area contributed by atoms with Crippen LogP contribution in [0.15, 0.2) is 64.2 Å². The van der Waals surface area contributed by atoms with Gasteiger partial charge in [0.25, 0.3) is 5.55 Å². The summed E-state index contributed by atoms with van der Waals surface area (Å²) in [5.41, 5.74) is 1.98. The Hall–Kier alpha value is -3.12. The first-order valence-corrected chi connectivity index (χ1v) is 10.3. The van der Waals surface area contributed by atoms with E-state index in [9.17, 15) is 4.79 Å². The van der Waals surface area contributed by atoms with E-state index in [0.29, 0.717) is 17.9 Å². The summed E-state index contributed by atoms with van der Waals surface area (Å²) in [5, 5.41) is 16.4. The highest BCUT2D eigenvalue weighted by molar-refractivity contribution is 5.96. The fraction of sp³-hybridized carbons (Fsp3) is 0.333. The molecule has 0 saturated carbocycles. The molecule has 3 aromatic rings. The molecule has 0 amide bonds. The first-order valence-electron chi connectivity index (χ1n) is 10.3. The zero-order valence-electron chi connectivity index (χ0n) is 17.3. The van der Waals surface area contributed by atoms with Gasteiger partial charge in [0.15, 0.2) is 5.78 Å². The molecule has 0 aliphatic heterocycles. The van der Waals surface area contributed by atoms with Crippen molar-refractivity contribution in [1.29, 1.82) is 0 Å². The van der Waals surface area contributed by atoms with Crippen LogP contribution < -0.4 is 15.6 Å². The van der Waals surface area contributed by atoms with E-state index in [4.69, 9.17) is 14.4 Å². The van der Waals surface area contributed by atoms with Crippen LogP contribution in [-0.2, 0) is 6.54 Å². The first kappa shape index (κ1) is 21.6. The molecule has 30 heavy (non-hydrogen) atoms. The van der Waals surface area contributed by atoms with Crippen LogP contribution in [0.2, 0.25) is 0 Å². The summed E-state index contributed by atoms with van der Waals surface area (Å²) in [6.07, 6.45) is 4.40. The molecule has 0 aliphatic carbocycles. The lowest BCUT2D eigenvalue weighted by Gasteiger charge is -2.08. The highest BCUT2D eigenvalue weighted by Gasteiger charge is 2.09. The van der Waals surface area contributed by atoms with Gasteiger partial charge in [0.1, 0.15) is 11.3 Å². The Labute approximate surface area is 176 Å². The predicted molar refractivity (Wildman–Crippen MR) is 116 cm³/mol. The molecular formula is C24H28N2O4. The van der Waals surface area contributed by atoms with Crippen molar-refractivity contribution >= 4 is 16.8 Å². The number of rotatable bonds is 11. The zero-order chi connectivity index (χ0) is 21.2. The average Bonchev–Trinajstić information content (AvgIpc) is 2.77. The van der Waals surface area contributed by atoms with Crippen molar-refractivity contribution in [2.24, 2.45) is 5.16 Å². The number of benzene rings is 2. The van der Waals surface area contributed by atoms with E-state index in [0.717, 1.165) is 44.2 Å². The molecule has 158 valence electrons. The van der Waals surface area contributed by atoms with E-state index >= 15 is 0 Å². The van der Waals surface area contributed by atoms with Gasteiger partial charge in [-0.1, -0.05) is 43.2 Å². The van der Waals surface area contributed by atoms with Crippen molar-refractivity contribution in [3.8, 4) is 5.75 Å². The van der Waals surface area contributed by atoms with Gasteiger partial charge in [-0.3, -0.25) is 4.79 Å². The monoisotopic (exact) mass is 408 g/mol. The summed E-state index contributed by atoms with van der Waals surface area (Å²) in [6.45, 7) is 3.96. The number of hydrogen-bond donors (Lipinski definition) is 2. The quantitative estimate of drug-likeness (QED) is 0.209. The maximum atomic E-state index is 11.6. The van der Waals surface area contributed by atoms with Crippen molar-refractivity contribution in [3.63, 3.8) is 0 Å². The molecule has 0 aliphatic rings. The largest absolute Gasteiger partial charge is 0.493 e. The Morgan fingerprint density at radius 3 is 2.63 bits per heavy atom. The summed E-state index contributed by atoms with van der Waals surface area (Å²) in [6, 6.07) is 17.5. The molecule has 0 atom stereocenters. The van der Waals surface area contributed by atoms with Crippen LogP contribution in [-0.4, -0.2) is 24.1 Å². The number of nitrogens with zero attached hydrogens (tertiary/aromatic N) is 1. The number of hydrogen-bond acceptors (Lipinski definition) is 6. The van der Waals surface area contributed by atoms with Gasteiger partial charge in [-0.05, 0) is 55.2 Å². The predicted octanol–water partition coefficient (Wildman–Crippen LogP) is 4.65. The van der Waals surface area contributed by atoms with Crippen LogP contribution >= 0.6 is 0 Å². The summed E-state index contributed by atoms with van der Waals surface area (Å²) >= 11 is 0. The Balaban J connectivity index is 1.37. The SMILES string of the molecule is CC(=O)c1cc2ccc(OCCCCCCNCc3ccccc3)cc2oc1=NO. The van der Waals surface area contributed by atoms with E-state index in [-0.39, 0.29) is 16.9 Å². The van der Waals surface area contributed by atoms with Gasteiger partial charge in [-0.25, -0.2) is 0 Å². The molecule has 0 radical (unpaired) electrons. The van der Waals surface area contributed by atoms with Crippen LogP contribution in [0.3, 0.4) is 0 Å². The van der Waals surface area contributed by atoms with E-state index in [1.807, 2.05) is 18.2 Å². The highest BCUT2D eigenvalue weighted by atomic mass is 16.5. The molecule has 2 N–H and O–H groups in total. The number of carbonyl (C=O) groups is 1. The maximum Gasteiger partial charge on any atom is 0.266 e. The molecule has 0 saturated heterocycles. The Morgan fingerprint density at radius 2 is 1.87 bits per heavy atom. The van der Waals surface area contributed by atoms with Crippen LogP contribution in [0, 0.1) is 0 Å². The molecule has 6 nitrogen and oxygen atoms in total. The Morgan fingerprint density at radius 1 is 1.07 bits per heavy atom. The van der Waals surface area contributed by atoms with E-state index in [1.165, 1.54) is 12.5 Å². The van der Waals surface area contributed by atoms with Gasteiger partial charge >= 0.3 is 0 Å². The van der Waals surface area contributed by atoms with Gasteiger partial charge < -0.3 is 19.7 Å². The van der Waals surface area contributed by atoms with Crippen molar-refractivity contribution in [2.75, 3.05) is 13.2 Å². The lowest BCUT2D eigenvalue weighted by atomic mass is 10.1. The van der Waals surface area contributed by atoms with E-state index in [1.54, 1.807) is 12.1 Å². The lowest BCUT2D eigenvalue weighted by molar-refractivity contribution is 0.101. The smallest absolute Gasteiger partial charge is 0.266 e. The molecule has 6 heteroatoms. The molecule has 0 fully saturated rings. The van der Waals surface area contributed by atoms with Crippen LogP contribution in [0.1, 0.15) is 48.5 Å². The zero-order valence-corrected chi connectivity index (χ0v) is 17.3. The summed E-state index contributed by atoms with van der Waals surface area (Å²) in [4.78, 5) is 11.6.